The first-order valence-corrected chi connectivity index (χ1v) is 14.1. The first-order chi connectivity index (χ1) is 20.5. The van der Waals surface area contributed by atoms with Crippen LogP contribution in [0.2, 0.25) is 5.02 Å². The lowest BCUT2D eigenvalue weighted by Crippen LogP contribution is -2.56. The summed E-state index contributed by atoms with van der Waals surface area (Å²) in [6, 6.07) is 4.81. The average molecular weight is 608 g/mol. The topological polar surface area (TPSA) is 101 Å². The van der Waals surface area contributed by atoms with Crippen molar-refractivity contribution in [3.8, 4) is 28.3 Å². The molecule has 1 saturated heterocycles. The molecule has 4 aromatic rings. The van der Waals surface area contributed by atoms with Crippen LogP contribution < -0.4 is 15.3 Å². The van der Waals surface area contributed by atoms with Gasteiger partial charge in [0, 0.05) is 31.4 Å². The van der Waals surface area contributed by atoms with Gasteiger partial charge in [-0.05, 0) is 42.7 Å². The number of anilines is 1. The van der Waals surface area contributed by atoms with E-state index in [0.29, 0.717) is 23.5 Å². The fourth-order valence-corrected chi connectivity index (χ4v) is 6.29. The molecule has 6 rings (SSSR count). The molecule has 1 amide bonds. The first-order valence-electron chi connectivity index (χ1n) is 13.8. The van der Waals surface area contributed by atoms with Gasteiger partial charge in [-0.2, -0.15) is 4.98 Å². The molecule has 2 aliphatic heterocycles. The predicted molar refractivity (Wildman–Crippen MR) is 159 cm³/mol. The zero-order valence-corrected chi connectivity index (χ0v) is 24.5. The summed E-state index contributed by atoms with van der Waals surface area (Å²) in [6.45, 7) is 9.93. The minimum Gasteiger partial charge on any atom is -0.507 e. The summed E-state index contributed by atoms with van der Waals surface area (Å²) in [5.74, 6) is -2.79. The Morgan fingerprint density at radius 1 is 1.23 bits per heavy atom. The maximum absolute atomic E-state index is 17.1. The number of ether oxygens (including phenoxy) is 1. The molecule has 1 fully saturated rings. The third kappa shape index (κ3) is 4.41. The fraction of sp³-hybridized carbons (Fsp3) is 0.290. The van der Waals surface area contributed by atoms with Crippen molar-refractivity contribution in [2.75, 3.05) is 31.1 Å². The zero-order chi connectivity index (χ0) is 30.7. The number of rotatable bonds is 4. The Morgan fingerprint density at radius 3 is 2.70 bits per heavy atom. The van der Waals surface area contributed by atoms with E-state index in [1.807, 2.05) is 18.7 Å². The molecule has 0 aliphatic carbocycles. The minimum absolute atomic E-state index is 0.00220. The number of pyridine rings is 1. The number of hydrogen-bond donors (Lipinski definition) is 1. The summed E-state index contributed by atoms with van der Waals surface area (Å²) in [5, 5.41) is 10.5. The van der Waals surface area contributed by atoms with Crippen LogP contribution in [0.15, 0.2) is 47.9 Å². The van der Waals surface area contributed by atoms with Crippen LogP contribution in [0.3, 0.4) is 0 Å². The molecule has 43 heavy (non-hydrogen) atoms. The molecule has 2 aliphatic rings. The first kappa shape index (κ1) is 28.6. The molecule has 12 heteroatoms. The molecule has 2 aromatic carbocycles. The highest BCUT2D eigenvalue weighted by molar-refractivity contribution is 6.36. The molecule has 4 heterocycles. The van der Waals surface area contributed by atoms with E-state index in [9.17, 15) is 14.7 Å². The Bertz CT molecular complexity index is 1870. The molecule has 0 radical (unpaired) electrons. The lowest BCUT2D eigenvalue weighted by Gasteiger charge is -2.40. The van der Waals surface area contributed by atoms with Gasteiger partial charge in [0.1, 0.15) is 29.5 Å². The Morgan fingerprint density at radius 2 is 2.00 bits per heavy atom. The Kier molecular flexibility index (Phi) is 7.08. The maximum Gasteiger partial charge on any atom is 0.354 e. The molecule has 1 unspecified atom stereocenters. The van der Waals surface area contributed by atoms with Crippen molar-refractivity contribution >= 4 is 34.2 Å². The number of aromatic nitrogens is 3. The van der Waals surface area contributed by atoms with Gasteiger partial charge in [-0.25, -0.2) is 13.6 Å². The van der Waals surface area contributed by atoms with Crippen molar-refractivity contribution in [3.05, 3.63) is 81.5 Å². The van der Waals surface area contributed by atoms with Crippen molar-refractivity contribution in [2.45, 2.75) is 32.7 Å². The summed E-state index contributed by atoms with van der Waals surface area (Å²) < 4.78 is 39.8. The van der Waals surface area contributed by atoms with Gasteiger partial charge in [-0.3, -0.25) is 14.3 Å². The standard InChI is InChI=1S/C31H28ClF2N5O4/c1-5-20(41)37-11-12-38-17(13-37)14-43-29-23-28(25(34)22(24(29)32)21-18(33)7-6-8-19(21)40)39(31(42)36-30(23)38)27-16(4)9-10-35-26(27)15(2)3/h5-10,15,17,40H,1,11-14H2,2-4H3. The number of aromatic hydroxyl groups is 1. The largest absolute Gasteiger partial charge is 0.507 e. The molecule has 0 saturated carbocycles. The number of phenolic OH excluding ortho intramolecular Hbond substituents is 1. The SMILES string of the molecule is C=CC(=O)N1CCN2c3nc(=O)n(-c4c(C)ccnc4C(C)C)c4c(F)c(-c5c(O)cccc5F)c(Cl)c(c34)OCC2C1. The van der Waals surface area contributed by atoms with Gasteiger partial charge in [0.2, 0.25) is 5.91 Å². The second-order valence-corrected chi connectivity index (χ2v) is 11.3. The number of piperazine rings is 1. The Hall–Kier alpha value is -4.51. The third-order valence-corrected chi connectivity index (χ3v) is 8.34. The third-order valence-electron chi connectivity index (χ3n) is 7.98. The smallest absolute Gasteiger partial charge is 0.354 e. The quantitative estimate of drug-likeness (QED) is 0.322. The van der Waals surface area contributed by atoms with Crippen molar-refractivity contribution in [1.29, 1.82) is 0 Å². The van der Waals surface area contributed by atoms with Gasteiger partial charge in [-0.15, -0.1) is 0 Å². The number of nitrogens with zero attached hydrogens (tertiary/aromatic N) is 5. The Balaban J connectivity index is 1.76. The van der Waals surface area contributed by atoms with Crippen molar-refractivity contribution in [1.82, 2.24) is 19.4 Å². The highest BCUT2D eigenvalue weighted by Gasteiger charge is 2.38. The summed E-state index contributed by atoms with van der Waals surface area (Å²) >= 11 is 6.83. The summed E-state index contributed by atoms with van der Waals surface area (Å²) in [5.41, 5.74) is -0.471. The number of hydrogen-bond acceptors (Lipinski definition) is 7. The second kappa shape index (κ2) is 10.6. The summed E-state index contributed by atoms with van der Waals surface area (Å²) in [4.78, 5) is 38.8. The van der Waals surface area contributed by atoms with Crippen LogP contribution in [0.25, 0.3) is 27.7 Å². The van der Waals surface area contributed by atoms with Crippen molar-refractivity contribution < 1.29 is 23.4 Å². The molecule has 0 bridgehead atoms. The van der Waals surface area contributed by atoms with E-state index in [1.54, 1.807) is 24.1 Å². The van der Waals surface area contributed by atoms with E-state index in [-0.39, 0.29) is 59.0 Å². The monoisotopic (exact) mass is 607 g/mol. The minimum atomic E-state index is -1.04. The highest BCUT2D eigenvalue weighted by Crippen LogP contribution is 2.50. The Labute approximate surface area is 250 Å². The second-order valence-electron chi connectivity index (χ2n) is 10.9. The predicted octanol–water partition coefficient (Wildman–Crippen LogP) is 5.11. The molecule has 222 valence electrons. The van der Waals surface area contributed by atoms with Crippen LogP contribution in [-0.2, 0) is 4.79 Å². The number of aryl methyl sites for hydroxylation is 1. The number of carbonyl (C=O) groups excluding carboxylic acids is 1. The average Bonchev–Trinajstić information content (AvgIpc) is 3.13. The van der Waals surface area contributed by atoms with Crippen LogP contribution in [0, 0.1) is 18.6 Å². The molecule has 1 atom stereocenters. The van der Waals surface area contributed by atoms with Gasteiger partial charge >= 0.3 is 5.69 Å². The number of amides is 1. The van der Waals surface area contributed by atoms with Crippen LogP contribution in [0.5, 0.6) is 11.5 Å². The highest BCUT2D eigenvalue weighted by atomic mass is 35.5. The molecule has 0 spiro atoms. The molecule has 9 nitrogen and oxygen atoms in total. The van der Waals surface area contributed by atoms with Crippen LogP contribution in [-0.4, -0.2) is 62.7 Å². The number of benzene rings is 2. The van der Waals surface area contributed by atoms with Crippen molar-refractivity contribution in [2.24, 2.45) is 0 Å². The van der Waals surface area contributed by atoms with Crippen LogP contribution in [0.4, 0.5) is 14.6 Å². The van der Waals surface area contributed by atoms with E-state index in [4.69, 9.17) is 16.3 Å². The van der Waals surface area contributed by atoms with E-state index in [2.05, 4.69) is 16.5 Å². The van der Waals surface area contributed by atoms with Crippen molar-refractivity contribution in [3.63, 3.8) is 0 Å². The fourth-order valence-electron chi connectivity index (χ4n) is 5.97. The number of phenols is 1. The summed E-state index contributed by atoms with van der Waals surface area (Å²) in [6.07, 6.45) is 2.83. The summed E-state index contributed by atoms with van der Waals surface area (Å²) in [7, 11) is 0. The van der Waals surface area contributed by atoms with Crippen LogP contribution >= 0.6 is 11.6 Å². The molecular formula is C31H28ClF2N5O4. The lowest BCUT2D eigenvalue weighted by atomic mass is 9.99. The zero-order valence-electron chi connectivity index (χ0n) is 23.7. The van der Waals surface area contributed by atoms with Gasteiger partial charge in [-0.1, -0.05) is 38.1 Å². The van der Waals surface area contributed by atoms with Gasteiger partial charge in [0.15, 0.2) is 11.6 Å². The molecule has 1 N–H and O–H groups in total. The number of fused-ring (bicyclic) bond motifs is 2. The van der Waals surface area contributed by atoms with Gasteiger partial charge < -0.3 is 19.6 Å². The number of carbonyl (C=O) groups is 1. The van der Waals surface area contributed by atoms with E-state index >= 15 is 8.78 Å². The van der Waals surface area contributed by atoms with E-state index in [1.165, 1.54) is 18.2 Å². The molecular weight excluding hydrogens is 580 g/mol. The van der Waals surface area contributed by atoms with Crippen LogP contribution in [0.1, 0.15) is 31.0 Å². The van der Waals surface area contributed by atoms with Gasteiger partial charge in [0.05, 0.1) is 33.4 Å². The molecule has 2 aromatic heterocycles. The van der Waals surface area contributed by atoms with E-state index < -0.39 is 40.2 Å². The lowest BCUT2D eigenvalue weighted by molar-refractivity contribution is -0.126. The number of halogens is 3. The van der Waals surface area contributed by atoms with E-state index in [0.717, 1.165) is 10.6 Å². The van der Waals surface area contributed by atoms with Gasteiger partial charge in [0.25, 0.3) is 0 Å². The normalized spacial score (nSPS) is 16.2. The maximum atomic E-state index is 17.1.